The summed E-state index contributed by atoms with van der Waals surface area (Å²) in [4.78, 5) is 13.6. The van der Waals surface area contributed by atoms with Crippen molar-refractivity contribution in [1.29, 1.82) is 0 Å². The third-order valence-electron chi connectivity index (χ3n) is 6.37. The van der Waals surface area contributed by atoms with Gasteiger partial charge in [0.25, 0.3) is 5.91 Å². The summed E-state index contributed by atoms with van der Waals surface area (Å²) in [5.41, 5.74) is 5.20. The molecule has 0 saturated carbocycles. The molecule has 7 heteroatoms. The molecule has 0 saturated heterocycles. The zero-order valence-electron chi connectivity index (χ0n) is 19.3. The van der Waals surface area contributed by atoms with E-state index >= 15 is 0 Å². The van der Waals surface area contributed by atoms with Crippen molar-refractivity contribution in [2.24, 2.45) is 0 Å². The SMILES string of the molecule is COc1ccc(-c2ccc3c4c2CN(c2cc(F)ccc2C)N4C(=O)C(C)(C)N3)c(OC)c1. The lowest BCUT2D eigenvalue weighted by molar-refractivity contribution is -0.122. The lowest BCUT2D eigenvalue weighted by atomic mass is 9.93. The molecule has 3 aromatic rings. The van der Waals surface area contributed by atoms with Crippen molar-refractivity contribution in [2.45, 2.75) is 32.9 Å². The molecule has 33 heavy (non-hydrogen) atoms. The molecule has 5 rings (SSSR count). The van der Waals surface area contributed by atoms with Crippen molar-refractivity contribution in [2.75, 3.05) is 29.6 Å². The van der Waals surface area contributed by atoms with Crippen LogP contribution in [0.4, 0.5) is 21.5 Å². The van der Waals surface area contributed by atoms with Crippen molar-refractivity contribution in [1.82, 2.24) is 0 Å². The molecule has 0 bridgehead atoms. The van der Waals surface area contributed by atoms with Crippen LogP contribution in [0.25, 0.3) is 11.1 Å². The van der Waals surface area contributed by atoms with Crippen molar-refractivity contribution in [3.8, 4) is 22.6 Å². The van der Waals surface area contributed by atoms with Crippen LogP contribution in [0, 0.1) is 12.7 Å². The van der Waals surface area contributed by atoms with E-state index in [1.54, 1.807) is 25.3 Å². The molecule has 0 aliphatic carbocycles. The van der Waals surface area contributed by atoms with Gasteiger partial charge >= 0.3 is 0 Å². The summed E-state index contributed by atoms with van der Waals surface area (Å²) < 4.78 is 25.3. The molecule has 0 radical (unpaired) electrons. The summed E-state index contributed by atoms with van der Waals surface area (Å²) in [6.45, 7) is 6.05. The first-order valence-electron chi connectivity index (χ1n) is 10.8. The van der Waals surface area contributed by atoms with Gasteiger partial charge in [-0.2, -0.15) is 0 Å². The summed E-state index contributed by atoms with van der Waals surface area (Å²) in [7, 11) is 3.24. The lowest BCUT2D eigenvalue weighted by Crippen LogP contribution is -2.57. The highest BCUT2D eigenvalue weighted by molar-refractivity contribution is 6.12. The van der Waals surface area contributed by atoms with Crippen LogP contribution in [-0.4, -0.2) is 25.7 Å². The molecule has 0 spiro atoms. The Morgan fingerprint density at radius 2 is 1.76 bits per heavy atom. The maximum atomic E-state index is 14.2. The summed E-state index contributed by atoms with van der Waals surface area (Å²) in [5.74, 6) is 0.928. The highest BCUT2D eigenvalue weighted by Crippen LogP contribution is 2.50. The Labute approximate surface area is 192 Å². The zero-order valence-corrected chi connectivity index (χ0v) is 19.3. The number of benzene rings is 3. The smallest absolute Gasteiger partial charge is 0.270 e. The lowest BCUT2D eigenvalue weighted by Gasteiger charge is -2.41. The molecule has 6 nitrogen and oxygen atoms in total. The van der Waals surface area contributed by atoms with Gasteiger partial charge in [0.2, 0.25) is 0 Å². The molecule has 1 N–H and O–H groups in total. The Morgan fingerprint density at radius 3 is 2.48 bits per heavy atom. The molecular weight excluding hydrogens is 421 g/mol. The predicted molar refractivity (Wildman–Crippen MR) is 127 cm³/mol. The van der Waals surface area contributed by atoms with Crippen LogP contribution >= 0.6 is 0 Å². The number of anilines is 3. The van der Waals surface area contributed by atoms with Gasteiger partial charge < -0.3 is 14.8 Å². The molecule has 2 heterocycles. The molecule has 3 aromatic carbocycles. The Balaban J connectivity index is 1.74. The monoisotopic (exact) mass is 447 g/mol. The van der Waals surface area contributed by atoms with Gasteiger partial charge in [-0.1, -0.05) is 12.1 Å². The van der Waals surface area contributed by atoms with E-state index < -0.39 is 5.54 Å². The fourth-order valence-corrected chi connectivity index (χ4v) is 4.67. The van der Waals surface area contributed by atoms with Gasteiger partial charge in [-0.05, 0) is 62.2 Å². The van der Waals surface area contributed by atoms with E-state index in [2.05, 4.69) is 5.32 Å². The van der Waals surface area contributed by atoms with Crippen LogP contribution in [0.2, 0.25) is 0 Å². The van der Waals surface area contributed by atoms with Gasteiger partial charge in [0.1, 0.15) is 22.9 Å². The molecule has 0 atom stereocenters. The molecule has 170 valence electrons. The number of amides is 1. The van der Waals surface area contributed by atoms with Gasteiger partial charge in [-0.3, -0.25) is 9.80 Å². The molecule has 1 amide bonds. The van der Waals surface area contributed by atoms with E-state index in [1.807, 2.05) is 56.1 Å². The number of nitrogens with one attached hydrogen (secondary N) is 1. The van der Waals surface area contributed by atoms with Crippen LogP contribution in [0.3, 0.4) is 0 Å². The van der Waals surface area contributed by atoms with Crippen LogP contribution in [0.15, 0.2) is 48.5 Å². The second-order valence-electron chi connectivity index (χ2n) is 8.91. The van der Waals surface area contributed by atoms with E-state index in [4.69, 9.17) is 9.47 Å². The van der Waals surface area contributed by atoms with Crippen LogP contribution in [0.1, 0.15) is 25.0 Å². The topological polar surface area (TPSA) is 54.0 Å². The van der Waals surface area contributed by atoms with Crippen molar-refractivity contribution in [3.63, 3.8) is 0 Å². The predicted octanol–water partition coefficient (Wildman–Crippen LogP) is 5.29. The summed E-state index contributed by atoms with van der Waals surface area (Å²) >= 11 is 0. The average Bonchev–Trinajstić information content (AvgIpc) is 3.20. The van der Waals surface area contributed by atoms with E-state index in [-0.39, 0.29) is 11.7 Å². The fourth-order valence-electron chi connectivity index (χ4n) is 4.67. The third-order valence-corrected chi connectivity index (χ3v) is 6.37. The number of aryl methyl sites for hydroxylation is 1. The van der Waals surface area contributed by atoms with Crippen molar-refractivity contribution >= 4 is 23.0 Å². The summed E-state index contributed by atoms with van der Waals surface area (Å²) in [6, 6.07) is 14.4. The van der Waals surface area contributed by atoms with Crippen molar-refractivity contribution < 1.29 is 18.7 Å². The molecule has 0 aromatic heterocycles. The summed E-state index contributed by atoms with van der Waals surface area (Å²) in [6.07, 6.45) is 0. The number of carbonyl (C=O) groups excluding carboxylic acids is 1. The minimum Gasteiger partial charge on any atom is -0.497 e. The first kappa shape index (κ1) is 21.1. The molecule has 2 aliphatic heterocycles. The van der Waals surface area contributed by atoms with Gasteiger partial charge in [-0.15, -0.1) is 0 Å². The van der Waals surface area contributed by atoms with Gasteiger partial charge in [0.05, 0.1) is 37.8 Å². The number of halogens is 1. The zero-order chi connectivity index (χ0) is 23.5. The first-order chi connectivity index (χ1) is 15.7. The molecule has 0 fully saturated rings. The van der Waals surface area contributed by atoms with Crippen molar-refractivity contribution in [3.05, 3.63) is 65.5 Å². The molecule has 2 aliphatic rings. The summed E-state index contributed by atoms with van der Waals surface area (Å²) in [5, 5.41) is 6.95. The molecule has 0 unspecified atom stereocenters. The van der Waals surface area contributed by atoms with E-state index in [9.17, 15) is 9.18 Å². The maximum absolute atomic E-state index is 14.2. The number of nitrogens with zero attached hydrogens (tertiary/aromatic N) is 2. The number of rotatable bonds is 4. The van der Waals surface area contributed by atoms with Crippen LogP contribution in [-0.2, 0) is 11.3 Å². The maximum Gasteiger partial charge on any atom is 0.270 e. The van der Waals surface area contributed by atoms with Gasteiger partial charge in [0, 0.05) is 17.2 Å². The second kappa shape index (κ2) is 7.40. The number of hydrogen-bond acceptors (Lipinski definition) is 5. The normalized spacial score (nSPS) is 15.9. The number of hydrogen-bond donors (Lipinski definition) is 1. The van der Waals surface area contributed by atoms with E-state index in [1.165, 1.54) is 12.1 Å². The molecular formula is C26H26FN3O3. The third kappa shape index (κ3) is 3.18. The Bertz CT molecular complexity index is 1290. The fraction of sp³-hybridized carbons (Fsp3) is 0.269. The minimum atomic E-state index is -0.812. The first-order valence-corrected chi connectivity index (χ1v) is 10.8. The highest BCUT2D eigenvalue weighted by Gasteiger charge is 2.47. The number of methoxy groups -OCH3 is 2. The highest BCUT2D eigenvalue weighted by atomic mass is 19.1. The number of hydrazine groups is 1. The van der Waals surface area contributed by atoms with Crippen LogP contribution in [0.5, 0.6) is 11.5 Å². The Kier molecular flexibility index (Phi) is 4.74. The minimum absolute atomic E-state index is 0.101. The van der Waals surface area contributed by atoms with E-state index in [0.29, 0.717) is 23.7 Å². The standard InChI is InChI=1S/C26H26FN3O3/c1-15-6-7-16(27)12-22(15)29-14-20-18(19-9-8-17(32-4)13-23(19)33-5)10-11-21-24(20)30(29)25(31)26(2,3)28-21/h6-13,28H,14H2,1-5H3. The Morgan fingerprint density at radius 1 is 1.00 bits per heavy atom. The van der Waals surface area contributed by atoms with Crippen LogP contribution < -0.4 is 24.8 Å². The van der Waals surface area contributed by atoms with E-state index in [0.717, 1.165) is 33.6 Å². The second-order valence-corrected chi connectivity index (χ2v) is 8.91. The van der Waals surface area contributed by atoms with Gasteiger partial charge in [-0.25, -0.2) is 9.40 Å². The number of ether oxygens (including phenoxy) is 2. The average molecular weight is 448 g/mol. The largest absolute Gasteiger partial charge is 0.497 e. The Hall–Kier alpha value is -3.74. The van der Waals surface area contributed by atoms with Gasteiger partial charge in [0.15, 0.2) is 0 Å². The number of carbonyl (C=O) groups is 1. The quantitative estimate of drug-likeness (QED) is 0.589.